The van der Waals surface area contributed by atoms with Gasteiger partial charge in [-0.2, -0.15) is 4.98 Å². The van der Waals surface area contributed by atoms with Gasteiger partial charge in [-0.15, -0.1) is 0 Å². The summed E-state index contributed by atoms with van der Waals surface area (Å²) in [6.07, 6.45) is 4.35. The van der Waals surface area contributed by atoms with E-state index in [0.717, 1.165) is 32.1 Å². The molecule has 0 bridgehead atoms. The number of nitrogen functional groups attached to an aromatic ring is 1. The third kappa shape index (κ3) is 3.05. The van der Waals surface area contributed by atoms with E-state index in [-0.39, 0.29) is 17.2 Å². The summed E-state index contributed by atoms with van der Waals surface area (Å²) in [6, 6.07) is 0. The molecule has 1 aliphatic carbocycles. The smallest absolute Gasteiger partial charge is 0.239 e. The van der Waals surface area contributed by atoms with Crippen molar-refractivity contribution in [3.8, 4) is 0 Å². The van der Waals surface area contributed by atoms with Crippen LogP contribution in [-0.2, 0) is 4.74 Å². The van der Waals surface area contributed by atoms with Crippen molar-refractivity contribution in [3.05, 3.63) is 12.0 Å². The van der Waals surface area contributed by atoms with Crippen LogP contribution in [0.5, 0.6) is 0 Å². The third-order valence-corrected chi connectivity index (χ3v) is 3.30. The van der Waals surface area contributed by atoms with E-state index >= 15 is 0 Å². The van der Waals surface area contributed by atoms with Crippen LogP contribution in [0.3, 0.4) is 0 Å². The summed E-state index contributed by atoms with van der Waals surface area (Å²) in [4.78, 5) is 7.62. The molecule has 0 aliphatic heterocycles. The zero-order valence-electron chi connectivity index (χ0n) is 10.4. The van der Waals surface area contributed by atoms with Crippen LogP contribution in [0.4, 0.5) is 16.2 Å². The highest BCUT2D eigenvalue weighted by molar-refractivity contribution is 5.41. The first-order valence-corrected chi connectivity index (χ1v) is 5.91. The predicted octanol–water partition coefficient (Wildman–Crippen LogP) is 1.13. The molecule has 0 atom stereocenters. The van der Waals surface area contributed by atoms with Gasteiger partial charge in [0.2, 0.25) is 5.95 Å². The summed E-state index contributed by atoms with van der Waals surface area (Å²) < 4.78 is 18.5. The van der Waals surface area contributed by atoms with Crippen molar-refractivity contribution in [2.24, 2.45) is 11.3 Å². The molecule has 2 rings (SSSR count). The van der Waals surface area contributed by atoms with Gasteiger partial charge >= 0.3 is 0 Å². The lowest BCUT2D eigenvalue weighted by atomic mass is 10.0. The molecule has 0 saturated heterocycles. The van der Waals surface area contributed by atoms with Gasteiger partial charge in [0, 0.05) is 20.3 Å². The molecule has 0 unspecified atom stereocenters. The van der Waals surface area contributed by atoms with Gasteiger partial charge in [0.05, 0.1) is 6.20 Å². The van der Waals surface area contributed by atoms with Gasteiger partial charge < -0.3 is 10.1 Å². The van der Waals surface area contributed by atoms with Crippen LogP contribution in [-0.4, -0.2) is 30.2 Å². The number of ether oxygens (including phenoxy) is 1. The number of rotatable bonds is 7. The minimum Gasteiger partial charge on any atom is -0.385 e. The molecule has 1 aromatic rings. The predicted molar refractivity (Wildman–Crippen MR) is 66.4 cm³/mol. The lowest BCUT2D eigenvalue weighted by Gasteiger charge is -2.16. The second-order valence-corrected chi connectivity index (χ2v) is 4.63. The molecule has 0 radical (unpaired) electrons. The fourth-order valence-electron chi connectivity index (χ4n) is 1.84. The van der Waals surface area contributed by atoms with Gasteiger partial charge in [-0.3, -0.25) is 5.43 Å². The summed E-state index contributed by atoms with van der Waals surface area (Å²) >= 11 is 0. The topological polar surface area (TPSA) is 85.1 Å². The molecule has 1 fully saturated rings. The molecule has 6 nitrogen and oxygen atoms in total. The Kier molecular flexibility index (Phi) is 3.93. The molecule has 100 valence electrons. The zero-order valence-corrected chi connectivity index (χ0v) is 10.4. The Hall–Kier alpha value is -1.47. The van der Waals surface area contributed by atoms with Crippen molar-refractivity contribution in [2.45, 2.75) is 19.3 Å². The van der Waals surface area contributed by atoms with Crippen LogP contribution in [0.2, 0.25) is 0 Å². The first kappa shape index (κ1) is 13.0. The molecule has 0 spiro atoms. The number of hydrogen-bond acceptors (Lipinski definition) is 6. The van der Waals surface area contributed by atoms with Gasteiger partial charge in [-0.05, 0) is 24.7 Å². The van der Waals surface area contributed by atoms with E-state index in [1.54, 1.807) is 7.11 Å². The van der Waals surface area contributed by atoms with Crippen molar-refractivity contribution in [1.29, 1.82) is 0 Å². The molecular formula is C11H18FN5O. The quantitative estimate of drug-likeness (QED) is 0.500. The lowest BCUT2D eigenvalue weighted by molar-refractivity contribution is 0.175. The van der Waals surface area contributed by atoms with Crippen molar-refractivity contribution < 1.29 is 9.13 Å². The Morgan fingerprint density at radius 3 is 2.94 bits per heavy atom. The second kappa shape index (κ2) is 5.45. The monoisotopic (exact) mass is 255 g/mol. The molecule has 18 heavy (non-hydrogen) atoms. The normalized spacial score (nSPS) is 16.4. The fraction of sp³-hybridized carbons (Fsp3) is 0.636. The number of nitrogens with zero attached hydrogens (tertiary/aromatic N) is 2. The van der Waals surface area contributed by atoms with E-state index in [0.29, 0.717) is 6.54 Å². The maximum atomic E-state index is 13.5. The number of nitrogens with two attached hydrogens (primary N) is 1. The number of halogens is 1. The molecule has 1 saturated carbocycles. The molecule has 4 N–H and O–H groups in total. The van der Waals surface area contributed by atoms with Crippen LogP contribution in [0.25, 0.3) is 0 Å². The van der Waals surface area contributed by atoms with Crippen molar-refractivity contribution in [1.82, 2.24) is 9.97 Å². The van der Waals surface area contributed by atoms with Crippen molar-refractivity contribution in [2.75, 3.05) is 31.0 Å². The molecule has 1 aliphatic rings. The van der Waals surface area contributed by atoms with E-state index in [1.165, 1.54) is 0 Å². The van der Waals surface area contributed by atoms with Crippen LogP contribution in [0.15, 0.2) is 6.20 Å². The Morgan fingerprint density at radius 2 is 2.33 bits per heavy atom. The Bertz CT molecular complexity index is 410. The van der Waals surface area contributed by atoms with Crippen molar-refractivity contribution >= 4 is 11.8 Å². The van der Waals surface area contributed by atoms with E-state index in [4.69, 9.17) is 10.6 Å². The minimum atomic E-state index is -0.475. The van der Waals surface area contributed by atoms with Gasteiger partial charge in [0.25, 0.3) is 0 Å². The Balaban J connectivity index is 1.93. The van der Waals surface area contributed by atoms with Crippen LogP contribution in [0.1, 0.15) is 19.3 Å². The average Bonchev–Trinajstić information content (AvgIpc) is 3.16. The first-order chi connectivity index (χ1) is 8.69. The minimum absolute atomic E-state index is 0.182. The van der Waals surface area contributed by atoms with E-state index < -0.39 is 5.82 Å². The molecule has 0 aromatic carbocycles. The summed E-state index contributed by atoms with van der Waals surface area (Å²) in [5.74, 6) is 5.09. The molecule has 1 aromatic heterocycles. The lowest BCUT2D eigenvalue weighted by Crippen LogP contribution is -2.19. The number of hydrogen-bond donors (Lipinski definition) is 3. The largest absolute Gasteiger partial charge is 0.385 e. The summed E-state index contributed by atoms with van der Waals surface area (Å²) in [6.45, 7) is 1.41. The SMILES string of the molecule is COCCC1(CNc2nc(NN)ncc2F)CC1. The summed E-state index contributed by atoms with van der Waals surface area (Å²) in [5, 5.41) is 3.02. The van der Waals surface area contributed by atoms with E-state index in [2.05, 4.69) is 20.7 Å². The van der Waals surface area contributed by atoms with E-state index in [9.17, 15) is 4.39 Å². The standard InChI is InChI=1S/C11H18FN5O/c1-18-5-4-11(2-3-11)7-15-9-8(12)6-14-10(16-9)17-13/h6H,2-5,7,13H2,1H3,(H2,14,15,16,17). The van der Waals surface area contributed by atoms with Crippen LogP contribution >= 0.6 is 0 Å². The molecule has 7 heteroatoms. The molecule has 0 amide bonds. The number of methoxy groups -OCH3 is 1. The van der Waals surface area contributed by atoms with Crippen LogP contribution in [0, 0.1) is 11.2 Å². The van der Waals surface area contributed by atoms with Crippen molar-refractivity contribution in [3.63, 3.8) is 0 Å². The zero-order chi connectivity index (χ0) is 13.0. The van der Waals surface area contributed by atoms with E-state index in [1.807, 2.05) is 0 Å². The molecular weight excluding hydrogens is 237 g/mol. The van der Waals surface area contributed by atoms with Gasteiger partial charge in [-0.25, -0.2) is 15.2 Å². The highest BCUT2D eigenvalue weighted by Gasteiger charge is 2.41. The number of aromatic nitrogens is 2. The number of anilines is 2. The summed E-state index contributed by atoms with van der Waals surface area (Å²) in [7, 11) is 1.69. The average molecular weight is 255 g/mol. The van der Waals surface area contributed by atoms with Gasteiger partial charge in [-0.1, -0.05) is 0 Å². The first-order valence-electron chi connectivity index (χ1n) is 5.91. The highest BCUT2D eigenvalue weighted by Crippen LogP contribution is 2.48. The maximum Gasteiger partial charge on any atom is 0.239 e. The second-order valence-electron chi connectivity index (χ2n) is 4.63. The third-order valence-electron chi connectivity index (χ3n) is 3.30. The Morgan fingerprint density at radius 1 is 1.56 bits per heavy atom. The number of hydrazine groups is 1. The fourth-order valence-corrected chi connectivity index (χ4v) is 1.84. The highest BCUT2D eigenvalue weighted by atomic mass is 19.1. The summed E-state index contributed by atoms with van der Waals surface area (Å²) in [5.41, 5.74) is 2.52. The Labute approximate surface area is 105 Å². The molecule has 1 heterocycles. The number of nitrogens with one attached hydrogen (secondary N) is 2. The van der Waals surface area contributed by atoms with Gasteiger partial charge in [0.15, 0.2) is 11.6 Å². The van der Waals surface area contributed by atoms with Gasteiger partial charge in [0.1, 0.15) is 0 Å². The maximum absolute atomic E-state index is 13.5. The van der Waals surface area contributed by atoms with Crippen LogP contribution < -0.4 is 16.6 Å².